The van der Waals surface area contributed by atoms with Crippen LogP contribution in [-0.4, -0.2) is 25.6 Å². The van der Waals surface area contributed by atoms with Gasteiger partial charge in [0.05, 0.1) is 11.8 Å². The van der Waals surface area contributed by atoms with Crippen molar-refractivity contribution in [2.24, 2.45) is 0 Å². The molecule has 0 spiro atoms. The molecule has 0 unspecified atom stereocenters. The summed E-state index contributed by atoms with van der Waals surface area (Å²) < 4.78 is 5.79. The molecular weight excluding hydrogens is 254 g/mol. The van der Waals surface area contributed by atoms with E-state index in [1.54, 1.807) is 6.20 Å². The van der Waals surface area contributed by atoms with Gasteiger partial charge >= 0.3 is 0 Å². The van der Waals surface area contributed by atoms with Crippen molar-refractivity contribution in [3.8, 4) is 28.3 Å². The van der Waals surface area contributed by atoms with Crippen LogP contribution >= 0.6 is 0 Å². The summed E-state index contributed by atoms with van der Waals surface area (Å²) in [7, 11) is 0. The lowest BCUT2D eigenvalue weighted by Gasteiger charge is -2.22. The molecule has 2 aromatic heterocycles. The molecule has 1 aliphatic heterocycles. The lowest BCUT2D eigenvalue weighted by atomic mass is 9.92. The van der Waals surface area contributed by atoms with Crippen molar-refractivity contribution in [2.45, 2.75) is 13.5 Å². The number of nitrogens with one attached hydrogen (secondary N) is 1. The van der Waals surface area contributed by atoms with E-state index in [0.29, 0.717) is 12.4 Å². The van der Waals surface area contributed by atoms with Crippen LogP contribution in [0.15, 0.2) is 30.5 Å². The van der Waals surface area contributed by atoms with Gasteiger partial charge in [0.15, 0.2) is 0 Å². The first kappa shape index (κ1) is 11.1. The first-order valence-corrected chi connectivity index (χ1v) is 6.29. The van der Waals surface area contributed by atoms with E-state index in [2.05, 4.69) is 37.7 Å². The van der Waals surface area contributed by atoms with Crippen LogP contribution < -0.4 is 4.74 Å². The molecule has 1 aromatic carbocycles. The van der Waals surface area contributed by atoms with E-state index < -0.39 is 0 Å². The number of aromatic amines is 1. The van der Waals surface area contributed by atoms with Gasteiger partial charge in [-0.05, 0) is 23.3 Å². The van der Waals surface area contributed by atoms with Crippen LogP contribution in [0.25, 0.3) is 22.5 Å². The maximum absolute atomic E-state index is 5.79. The maximum atomic E-state index is 5.79. The molecule has 0 aliphatic carbocycles. The maximum Gasteiger partial charge on any atom is 0.207 e. The number of aryl methyl sites for hydroxylation is 1. The standard InChI is InChI=1S/C14H11N5O/c1-8-12(14-16-18-19-17-14)13-10-5-3-2-4-9(10)7-20-11(13)6-15-8/h2-6H,7H2,1H3,(H,16,17,18,19). The highest BCUT2D eigenvalue weighted by Gasteiger charge is 2.24. The second-order valence-electron chi connectivity index (χ2n) is 4.64. The molecule has 3 heterocycles. The third kappa shape index (κ3) is 1.51. The number of pyridine rings is 1. The van der Waals surface area contributed by atoms with E-state index in [1.807, 2.05) is 19.1 Å². The zero-order valence-electron chi connectivity index (χ0n) is 10.8. The molecule has 0 saturated carbocycles. The van der Waals surface area contributed by atoms with Crippen molar-refractivity contribution in [2.75, 3.05) is 0 Å². The van der Waals surface area contributed by atoms with Gasteiger partial charge in [-0.2, -0.15) is 5.21 Å². The van der Waals surface area contributed by atoms with E-state index >= 15 is 0 Å². The summed E-state index contributed by atoms with van der Waals surface area (Å²) in [6.07, 6.45) is 1.75. The van der Waals surface area contributed by atoms with Gasteiger partial charge in [-0.25, -0.2) is 0 Å². The number of aromatic nitrogens is 5. The number of tetrazole rings is 1. The molecule has 0 fully saturated rings. The Morgan fingerprint density at radius 1 is 1.20 bits per heavy atom. The predicted octanol–water partition coefficient (Wildman–Crippen LogP) is 2.13. The highest BCUT2D eigenvalue weighted by atomic mass is 16.5. The van der Waals surface area contributed by atoms with Gasteiger partial charge in [0, 0.05) is 11.3 Å². The zero-order chi connectivity index (χ0) is 13.5. The number of hydrogen-bond acceptors (Lipinski definition) is 5. The molecule has 0 radical (unpaired) electrons. The van der Waals surface area contributed by atoms with Gasteiger partial charge in [-0.15, -0.1) is 10.2 Å². The second-order valence-corrected chi connectivity index (χ2v) is 4.64. The van der Waals surface area contributed by atoms with Gasteiger partial charge < -0.3 is 4.74 Å². The summed E-state index contributed by atoms with van der Waals surface area (Å²) in [5, 5.41) is 14.3. The summed E-state index contributed by atoms with van der Waals surface area (Å²) in [4.78, 5) is 4.37. The quantitative estimate of drug-likeness (QED) is 0.729. The topological polar surface area (TPSA) is 76.6 Å². The van der Waals surface area contributed by atoms with Gasteiger partial charge in [0.2, 0.25) is 5.82 Å². The predicted molar refractivity (Wildman–Crippen MR) is 71.9 cm³/mol. The van der Waals surface area contributed by atoms with E-state index in [9.17, 15) is 0 Å². The van der Waals surface area contributed by atoms with Crippen molar-refractivity contribution >= 4 is 0 Å². The highest BCUT2D eigenvalue weighted by Crippen LogP contribution is 2.43. The number of hydrogen-bond donors (Lipinski definition) is 1. The third-order valence-electron chi connectivity index (χ3n) is 3.47. The molecule has 6 heteroatoms. The fourth-order valence-electron chi connectivity index (χ4n) is 2.55. The molecule has 98 valence electrons. The monoisotopic (exact) mass is 265 g/mol. The van der Waals surface area contributed by atoms with E-state index in [0.717, 1.165) is 33.7 Å². The summed E-state index contributed by atoms with van der Waals surface area (Å²) in [5.74, 6) is 1.29. The van der Waals surface area contributed by atoms with E-state index in [1.165, 1.54) is 0 Å². The molecule has 0 saturated heterocycles. The lowest BCUT2D eigenvalue weighted by molar-refractivity contribution is 0.301. The molecule has 0 atom stereocenters. The smallest absolute Gasteiger partial charge is 0.207 e. The van der Waals surface area contributed by atoms with Crippen LogP contribution in [0.2, 0.25) is 0 Å². The molecule has 4 rings (SSSR count). The van der Waals surface area contributed by atoms with Crippen LogP contribution in [0.1, 0.15) is 11.3 Å². The summed E-state index contributed by atoms with van der Waals surface area (Å²) in [5.41, 5.74) is 4.99. The van der Waals surface area contributed by atoms with Crippen LogP contribution in [0.3, 0.4) is 0 Å². The number of fused-ring (bicyclic) bond motifs is 3. The summed E-state index contributed by atoms with van der Waals surface area (Å²) in [6.45, 7) is 2.49. The summed E-state index contributed by atoms with van der Waals surface area (Å²) in [6, 6.07) is 8.17. The van der Waals surface area contributed by atoms with Crippen LogP contribution in [0, 0.1) is 6.92 Å². The molecule has 1 N–H and O–H groups in total. The average molecular weight is 265 g/mol. The largest absolute Gasteiger partial charge is 0.487 e. The Hall–Kier alpha value is -2.76. The van der Waals surface area contributed by atoms with Gasteiger partial charge in [-0.1, -0.05) is 24.3 Å². The van der Waals surface area contributed by atoms with E-state index in [4.69, 9.17) is 4.74 Å². The highest BCUT2D eigenvalue weighted by molar-refractivity contribution is 5.88. The van der Waals surface area contributed by atoms with Gasteiger partial charge in [0.1, 0.15) is 12.4 Å². The number of rotatable bonds is 1. The molecular formula is C14H11N5O. The molecule has 0 amide bonds. The zero-order valence-corrected chi connectivity index (χ0v) is 10.8. The van der Waals surface area contributed by atoms with Crippen molar-refractivity contribution in [3.05, 3.63) is 41.7 Å². The molecule has 1 aliphatic rings. The fourth-order valence-corrected chi connectivity index (χ4v) is 2.55. The minimum absolute atomic E-state index is 0.534. The summed E-state index contributed by atoms with van der Waals surface area (Å²) >= 11 is 0. The number of ether oxygens (including phenoxy) is 1. The lowest BCUT2D eigenvalue weighted by Crippen LogP contribution is -2.08. The van der Waals surface area contributed by atoms with Crippen LogP contribution in [0.4, 0.5) is 0 Å². The number of H-pyrrole nitrogens is 1. The number of nitrogens with zero attached hydrogens (tertiary/aromatic N) is 4. The van der Waals surface area contributed by atoms with Gasteiger partial charge in [0.25, 0.3) is 0 Å². The Bertz CT molecular complexity index is 782. The Labute approximate surface area is 114 Å². The molecule has 0 bridgehead atoms. The van der Waals surface area contributed by atoms with E-state index in [-0.39, 0.29) is 0 Å². The first-order valence-electron chi connectivity index (χ1n) is 6.29. The SMILES string of the molecule is Cc1ncc2c(c1-c1nn[nH]n1)-c1ccccc1CO2. The fraction of sp³-hybridized carbons (Fsp3) is 0.143. The average Bonchev–Trinajstić information content (AvgIpc) is 3.01. The van der Waals surface area contributed by atoms with Gasteiger partial charge in [-0.3, -0.25) is 4.98 Å². The van der Waals surface area contributed by atoms with Crippen molar-refractivity contribution in [1.82, 2.24) is 25.6 Å². The van der Waals surface area contributed by atoms with Crippen molar-refractivity contribution in [3.63, 3.8) is 0 Å². The van der Waals surface area contributed by atoms with Crippen molar-refractivity contribution in [1.29, 1.82) is 0 Å². The Morgan fingerprint density at radius 3 is 2.95 bits per heavy atom. The Morgan fingerprint density at radius 2 is 2.10 bits per heavy atom. The van der Waals surface area contributed by atoms with Crippen LogP contribution in [-0.2, 0) is 6.61 Å². The first-order chi connectivity index (χ1) is 9.84. The second kappa shape index (κ2) is 4.12. The Kier molecular flexibility index (Phi) is 2.29. The molecule has 20 heavy (non-hydrogen) atoms. The normalized spacial score (nSPS) is 12.4. The Balaban J connectivity index is 2.08. The van der Waals surface area contributed by atoms with Crippen LogP contribution in [0.5, 0.6) is 5.75 Å². The minimum atomic E-state index is 0.534. The van der Waals surface area contributed by atoms with Crippen molar-refractivity contribution < 1.29 is 4.74 Å². The molecule has 3 aromatic rings. The third-order valence-corrected chi connectivity index (χ3v) is 3.47. The number of benzene rings is 1. The molecule has 6 nitrogen and oxygen atoms in total. The minimum Gasteiger partial charge on any atom is -0.487 e.